The number of halogens is 4. The Balaban J connectivity index is 2.13. The second-order valence-electron chi connectivity index (χ2n) is 4.86. The molecule has 1 aliphatic rings. The summed E-state index contributed by atoms with van der Waals surface area (Å²) >= 11 is 0. The minimum atomic E-state index is -4.57. The number of anilines is 1. The van der Waals surface area contributed by atoms with E-state index < -0.39 is 23.5 Å². The minimum absolute atomic E-state index is 0.0151. The van der Waals surface area contributed by atoms with Gasteiger partial charge in [0, 0.05) is 19.5 Å². The molecule has 0 spiro atoms. The summed E-state index contributed by atoms with van der Waals surface area (Å²) in [5.41, 5.74) is -0.939. The lowest BCUT2D eigenvalue weighted by Crippen LogP contribution is -2.22. The number of rotatable bonds is 3. The third kappa shape index (κ3) is 3.20. The van der Waals surface area contributed by atoms with Crippen LogP contribution in [0.25, 0.3) is 0 Å². The summed E-state index contributed by atoms with van der Waals surface area (Å²) in [4.78, 5) is 12.2. The first-order valence-electron chi connectivity index (χ1n) is 6.11. The van der Waals surface area contributed by atoms with Crippen LogP contribution in [0.1, 0.15) is 18.4 Å². The highest BCUT2D eigenvalue weighted by Crippen LogP contribution is 2.34. The Kier molecular flexibility index (Phi) is 3.87. The smallest absolute Gasteiger partial charge is 0.416 e. The summed E-state index contributed by atoms with van der Waals surface area (Å²) in [6.07, 6.45) is -4.00. The molecule has 0 saturated carbocycles. The Morgan fingerprint density at radius 1 is 1.40 bits per heavy atom. The van der Waals surface area contributed by atoms with Gasteiger partial charge in [-0.05, 0) is 30.5 Å². The quantitative estimate of drug-likeness (QED) is 0.870. The van der Waals surface area contributed by atoms with Crippen molar-refractivity contribution in [1.82, 2.24) is 0 Å². The van der Waals surface area contributed by atoms with Crippen molar-refractivity contribution in [2.45, 2.75) is 19.0 Å². The van der Waals surface area contributed by atoms with Crippen LogP contribution in [0.4, 0.5) is 23.2 Å². The highest BCUT2D eigenvalue weighted by molar-refractivity contribution is 5.67. The molecule has 1 saturated heterocycles. The molecule has 3 nitrogen and oxygen atoms in total. The lowest BCUT2D eigenvalue weighted by molar-refractivity contribution is -0.138. The largest absolute Gasteiger partial charge is 0.481 e. The van der Waals surface area contributed by atoms with Gasteiger partial charge < -0.3 is 10.0 Å². The van der Waals surface area contributed by atoms with Gasteiger partial charge in [0.15, 0.2) is 0 Å². The van der Waals surface area contributed by atoms with E-state index >= 15 is 0 Å². The van der Waals surface area contributed by atoms with Gasteiger partial charge >= 0.3 is 12.1 Å². The van der Waals surface area contributed by atoms with E-state index in [1.807, 2.05) is 0 Å². The molecule has 110 valence electrons. The Morgan fingerprint density at radius 3 is 2.65 bits per heavy atom. The number of aliphatic carboxylic acids is 1. The van der Waals surface area contributed by atoms with Crippen LogP contribution >= 0.6 is 0 Å². The van der Waals surface area contributed by atoms with Crippen molar-refractivity contribution in [3.8, 4) is 0 Å². The predicted molar refractivity (Wildman–Crippen MR) is 64.0 cm³/mol. The molecule has 0 aliphatic carbocycles. The molecule has 7 heteroatoms. The first-order valence-corrected chi connectivity index (χ1v) is 6.11. The van der Waals surface area contributed by atoms with Crippen LogP contribution in [0.5, 0.6) is 0 Å². The summed E-state index contributed by atoms with van der Waals surface area (Å²) in [5, 5.41) is 8.69. The van der Waals surface area contributed by atoms with Crippen molar-refractivity contribution in [2.24, 2.45) is 5.92 Å². The molecule has 0 bridgehead atoms. The van der Waals surface area contributed by atoms with Crippen LogP contribution in [0.2, 0.25) is 0 Å². The van der Waals surface area contributed by atoms with E-state index in [1.54, 1.807) is 4.90 Å². The lowest BCUT2D eigenvalue weighted by atomic mass is 10.1. The fraction of sp³-hybridized carbons (Fsp3) is 0.462. The molecule has 0 amide bonds. The summed E-state index contributed by atoms with van der Waals surface area (Å²) in [6.45, 7) is 0.787. The molecule has 1 aromatic rings. The first-order chi connectivity index (χ1) is 9.27. The second kappa shape index (κ2) is 5.30. The van der Waals surface area contributed by atoms with E-state index in [1.165, 1.54) is 0 Å². The zero-order valence-corrected chi connectivity index (χ0v) is 10.5. The molecular weight excluding hydrogens is 278 g/mol. The van der Waals surface area contributed by atoms with Crippen LogP contribution in [0.15, 0.2) is 18.2 Å². The molecule has 1 fully saturated rings. The van der Waals surface area contributed by atoms with Gasteiger partial charge in [0.05, 0.1) is 11.3 Å². The Morgan fingerprint density at radius 2 is 2.10 bits per heavy atom. The number of alkyl halides is 3. The van der Waals surface area contributed by atoms with Crippen molar-refractivity contribution < 1.29 is 27.5 Å². The summed E-state index contributed by atoms with van der Waals surface area (Å²) in [7, 11) is 0. The SMILES string of the molecule is O=C(O)CC1CCN(c2ccc(C(F)(F)F)cc2F)C1. The number of hydrogen-bond acceptors (Lipinski definition) is 2. The molecule has 2 rings (SSSR count). The van der Waals surface area contributed by atoms with E-state index in [2.05, 4.69) is 0 Å². The van der Waals surface area contributed by atoms with Crippen LogP contribution in [-0.4, -0.2) is 24.2 Å². The van der Waals surface area contributed by atoms with Crippen molar-refractivity contribution in [3.05, 3.63) is 29.6 Å². The zero-order valence-electron chi connectivity index (χ0n) is 10.5. The topological polar surface area (TPSA) is 40.5 Å². The van der Waals surface area contributed by atoms with E-state index in [4.69, 9.17) is 5.11 Å². The Hall–Kier alpha value is -1.79. The maximum atomic E-state index is 13.8. The van der Waals surface area contributed by atoms with Gasteiger partial charge in [0.1, 0.15) is 5.82 Å². The lowest BCUT2D eigenvalue weighted by Gasteiger charge is -2.20. The van der Waals surface area contributed by atoms with Gasteiger partial charge in [-0.1, -0.05) is 0 Å². The zero-order chi connectivity index (χ0) is 14.9. The van der Waals surface area contributed by atoms with Crippen molar-refractivity contribution in [2.75, 3.05) is 18.0 Å². The maximum Gasteiger partial charge on any atom is 0.416 e. The van der Waals surface area contributed by atoms with Crippen LogP contribution in [0, 0.1) is 11.7 Å². The van der Waals surface area contributed by atoms with E-state index in [0.29, 0.717) is 25.6 Å². The van der Waals surface area contributed by atoms with E-state index in [9.17, 15) is 22.4 Å². The van der Waals surface area contributed by atoms with Gasteiger partial charge in [-0.2, -0.15) is 13.2 Å². The molecule has 1 aliphatic heterocycles. The van der Waals surface area contributed by atoms with Crippen LogP contribution < -0.4 is 4.90 Å². The monoisotopic (exact) mass is 291 g/mol. The molecule has 1 N–H and O–H groups in total. The molecule has 1 heterocycles. The van der Waals surface area contributed by atoms with Gasteiger partial charge in [-0.25, -0.2) is 4.39 Å². The highest BCUT2D eigenvalue weighted by Gasteiger charge is 2.32. The van der Waals surface area contributed by atoms with Gasteiger partial charge in [-0.15, -0.1) is 0 Å². The number of hydrogen-bond donors (Lipinski definition) is 1. The third-order valence-electron chi connectivity index (χ3n) is 3.36. The van der Waals surface area contributed by atoms with Crippen molar-refractivity contribution in [1.29, 1.82) is 0 Å². The van der Waals surface area contributed by atoms with Crippen LogP contribution in [-0.2, 0) is 11.0 Å². The van der Waals surface area contributed by atoms with Gasteiger partial charge in [-0.3, -0.25) is 4.79 Å². The summed E-state index contributed by atoms with van der Waals surface area (Å²) < 4.78 is 51.1. The molecule has 0 radical (unpaired) electrons. The maximum absolute atomic E-state index is 13.8. The number of carboxylic acids is 1. The molecule has 1 unspecified atom stereocenters. The molecule has 1 aromatic carbocycles. The van der Waals surface area contributed by atoms with Gasteiger partial charge in [0.25, 0.3) is 0 Å². The van der Waals surface area contributed by atoms with E-state index in [-0.39, 0.29) is 18.0 Å². The number of carbonyl (C=O) groups is 1. The first kappa shape index (κ1) is 14.6. The van der Waals surface area contributed by atoms with E-state index in [0.717, 1.165) is 12.1 Å². The second-order valence-corrected chi connectivity index (χ2v) is 4.86. The normalized spacial score (nSPS) is 19.4. The minimum Gasteiger partial charge on any atom is -0.481 e. The fourth-order valence-corrected chi connectivity index (χ4v) is 2.40. The standard InChI is InChI=1S/C13H13F4NO2/c14-10-6-9(13(15,16)17)1-2-11(10)18-4-3-8(7-18)5-12(19)20/h1-2,6,8H,3-5,7H2,(H,19,20). The highest BCUT2D eigenvalue weighted by atomic mass is 19.4. The van der Waals surface area contributed by atoms with Crippen molar-refractivity contribution >= 4 is 11.7 Å². The van der Waals surface area contributed by atoms with Crippen molar-refractivity contribution in [3.63, 3.8) is 0 Å². The average molecular weight is 291 g/mol. The number of nitrogens with zero attached hydrogens (tertiary/aromatic N) is 1. The third-order valence-corrected chi connectivity index (χ3v) is 3.36. The predicted octanol–water partition coefficient (Wildman–Crippen LogP) is 3.15. The fourth-order valence-electron chi connectivity index (χ4n) is 2.40. The molecular formula is C13H13F4NO2. The molecule has 20 heavy (non-hydrogen) atoms. The Labute approximate surface area is 112 Å². The molecule has 0 aromatic heterocycles. The Bertz CT molecular complexity index is 516. The summed E-state index contributed by atoms with van der Waals surface area (Å²) in [6, 6.07) is 2.41. The number of carboxylic acid groups (broad SMARTS) is 1. The average Bonchev–Trinajstić information content (AvgIpc) is 2.75. The summed E-state index contributed by atoms with van der Waals surface area (Å²) in [5.74, 6) is -1.96. The van der Waals surface area contributed by atoms with Crippen LogP contribution in [0.3, 0.4) is 0 Å². The number of benzene rings is 1. The van der Waals surface area contributed by atoms with Gasteiger partial charge in [0.2, 0.25) is 0 Å². The molecule has 1 atom stereocenters.